The molecule has 6 rings (SSSR count). The Hall–Kier alpha value is -5.08. The van der Waals surface area contributed by atoms with Crippen LogP contribution in [0.4, 0.5) is 34.1 Å². The zero-order valence-electron chi connectivity index (χ0n) is 37.6. The highest BCUT2D eigenvalue weighted by Gasteiger charge is 2.24. The van der Waals surface area contributed by atoms with E-state index >= 15 is 0 Å². The number of rotatable bonds is 20. The highest BCUT2D eigenvalue weighted by molar-refractivity contribution is 5.92. The first-order chi connectivity index (χ1) is 28.8. The van der Waals surface area contributed by atoms with Crippen molar-refractivity contribution >= 4 is 34.1 Å². The molecule has 0 saturated heterocycles. The minimum Gasteiger partial charge on any atom is -0.310 e. The molecule has 0 saturated carbocycles. The number of anilines is 6. The summed E-state index contributed by atoms with van der Waals surface area (Å²) in [5.74, 6) is 0.590. The van der Waals surface area contributed by atoms with Gasteiger partial charge in [-0.25, -0.2) is 0 Å². The number of nitrogens with zero attached hydrogens (tertiary/aromatic N) is 2. The molecule has 0 fully saturated rings. The molecule has 0 amide bonds. The summed E-state index contributed by atoms with van der Waals surface area (Å²) in [6.45, 7) is 18.2. The summed E-state index contributed by atoms with van der Waals surface area (Å²) in [6.07, 6.45) is 14.1. The van der Waals surface area contributed by atoms with Crippen LogP contribution in [0, 0.1) is 20.8 Å². The second-order valence-electron chi connectivity index (χ2n) is 16.9. The van der Waals surface area contributed by atoms with Crippen molar-refractivity contribution in [1.82, 2.24) is 0 Å². The van der Waals surface area contributed by atoms with Crippen molar-refractivity contribution in [3.05, 3.63) is 166 Å². The first-order valence-electron chi connectivity index (χ1n) is 23.0. The van der Waals surface area contributed by atoms with Gasteiger partial charge >= 0.3 is 0 Å². The Kier molecular flexibility index (Phi) is 15.7. The van der Waals surface area contributed by atoms with E-state index in [9.17, 15) is 0 Å². The Balaban J connectivity index is 1.56. The third-order valence-corrected chi connectivity index (χ3v) is 12.2. The standard InChI is InChI=1S/C57H70N2/c1-9-14-19-45-24-31-51(32-25-45)58(52-35-29-49(30-36-52)48(13-5)18-12-4)55-22-17-23-56(44(55)8)59(53-33-26-46(27-34-53)20-15-10-2)57-37-28-47(21-16-11-3)41-54(57)50-39-42(6)38-43(7)40-50/h17,22-41,48H,9-16,18-21H2,1-8H3. The predicted octanol–water partition coefficient (Wildman–Crippen LogP) is 17.5. The van der Waals surface area contributed by atoms with Gasteiger partial charge in [-0.2, -0.15) is 0 Å². The summed E-state index contributed by atoms with van der Waals surface area (Å²) < 4.78 is 0. The largest absolute Gasteiger partial charge is 0.310 e. The second kappa shape index (κ2) is 21.3. The quantitative estimate of drug-likeness (QED) is 0.0761. The van der Waals surface area contributed by atoms with E-state index in [1.165, 1.54) is 136 Å². The zero-order valence-corrected chi connectivity index (χ0v) is 37.6. The molecule has 1 atom stereocenters. The van der Waals surface area contributed by atoms with Gasteiger partial charge in [-0.1, -0.05) is 138 Å². The van der Waals surface area contributed by atoms with Crippen molar-refractivity contribution in [2.75, 3.05) is 9.80 Å². The maximum absolute atomic E-state index is 2.53. The van der Waals surface area contributed by atoms with Gasteiger partial charge in [-0.3, -0.25) is 0 Å². The van der Waals surface area contributed by atoms with Crippen LogP contribution >= 0.6 is 0 Å². The Labute approximate surface area is 358 Å². The van der Waals surface area contributed by atoms with Gasteiger partial charge in [-0.05, 0) is 172 Å². The van der Waals surface area contributed by atoms with Crippen LogP contribution in [0.1, 0.15) is 137 Å². The lowest BCUT2D eigenvalue weighted by atomic mass is 9.92. The van der Waals surface area contributed by atoms with Gasteiger partial charge in [0.1, 0.15) is 0 Å². The normalized spacial score (nSPS) is 11.8. The Morgan fingerprint density at radius 2 is 0.915 bits per heavy atom. The molecule has 0 radical (unpaired) electrons. The topological polar surface area (TPSA) is 6.48 Å². The number of hydrogen-bond donors (Lipinski definition) is 0. The molecule has 1 unspecified atom stereocenters. The van der Waals surface area contributed by atoms with Gasteiger partial charge in [0, 0.05) is 22.6 Å². The molecule has 2 heteroatoms. The second-order valence-corrected chi connectivity index (χ2v) is 16.9. The van der Waals surface area contributed by atoms with Gasteiger partial charge in [0.2, 0.25) is 0 Å². The number of hydrogen-bond acceptors (Lipinski definition) is 2. The highest BCUT2D eigenvalue weighted by atomic mass is 15.2. The van der Waals surface area contributed by atoms with Crippen molar-refractivity contribution in [1.29, 1.82) is 0 Å². The summed E-state index contributed by atoms with van der Waals surface area (Å²) in [6, 6.07) is 49.3. The van der Waals surface area contributed by atoms with Crippen LogP contribution in [0.2, 0.25) is 0 Å². The monoisotopic (exact) mass is 783 g/mol. The molecule has 2 nitrogen and oxygen atoms in total. The Morgan fingerprint density at radius 3 is 1.42 bits per heavy atom. The third kappa shape index (κ3) is 10.8. The maximum Gasteiger partial charge on any atom is 0.0540 e. The van der Waals surface area contributed by atoms with Crippen molar-refractivity contribution < 1.29 is 0 Å². The highest BCUT2D eigenvalue weighted by Crippen LogP contribution is 2.47. The van der Waals surface area contributed by atoms with Crippen LogP contribution in [0.25, 0.3) is 11.1 Å². The molecule has 59 heavy (non-hydrogen) atoms. The lowest BCUT2D eigenvalue weighted by Gasteiger charge is -2.33. The average molecular weight is 783 g/mol. The summed E-state index contributed by atoms with van der Waals surface area (Å²) >= 11 is 0. The van der Waals surface area contributed by atoms with E-state index in [0.717, 1.165) is 25.7 Å². The summed E-state index contributed by atoms with van der Waals surface area (Å²) in [7, 11) is 0. The molecule has 6 aromatic rings. The fraction of sp³-hybridized carbons (Fsp3) is 0.368. The first kappa shape index (κ1) is 43.5. The molecule has 0 aliphatic heterocycles. The Bertz CT molecular complexity index is 2190. The van der Waals surface area contributed by atoms with E-state index in [-0.39, 0.29) is 0 Å². The van der Waals surface area contributed by atoms with Crippen LogP contribution < -0.4 is 9.80 Å². The van der Waals surface area contributed by atoms with Crippen molar-refractivity contribution in [3.63, 3.8) is 0 Å². The molecule has 0 aliphatic carbocycles. The molecule has 0 aliphatic rings. The van der Waals surface area contributed by atoms with Crippen LogP contribution in [0.15, 0.2) is 127 Å². The van der Waals surface area contributed by atoms with Crippen LogP contribution in [0.5, 0.6) is 0 Å². The molecular weight excluding hydrogens is 713 g/mol. The molecule has 6 aromatic carbocycles. The molecule has 0 aromatic heterocycles. The number of aryl methyl sites for hydroxylation is 5. The smallest absolute Gasteiger partial charge is 0.0540 e. The minimum atomic E-state index is 0.590. The van der Waals surface area contributed by atoms with Crippen LogP contribution in [-0.4, -0.2) is 0 Å². The van der Waals surface area contributed by atoms with Gasteiger partial charge in [0.15, 0.2) is 0 Å². The number of benzene rings is 6. The van der Waals surface area contributed by atoms with Gasteiger partial charge in [0.25, 0.3) is 0 Å². The van der Waals surface area contributed by atoms with Crippen molar-refractivity contribution in [2.24, 2.45) is 0 Å². The molecule has 308 valence electrons. The van der Waals surface area contributed by atoms with Crippen LogP contribution in [-0.2, 0) is 19.3 Å². The summed E-state index contributed by atoms with van der Waals surface area (Å²) in [5, 5.41) is 0. The fourth-order valence-electron chi connectivity index (χ4n) is 8.84. The molecule has 0 spiro atoms. The van der Waals surface area contributed by atoms with Gasteiger partial charge in [-0.15, -0.1) is 0 Å². The van der Waals surface area contributed by atoms with Crippen LogP contribution in [0.3, 0.4) is 0 Å². The third-order valence-electron chi connectivity index (χ3n) is 12.2. The lowest BCUT2D eigenvalue weighted by molar-refractivity contribution is 0.596. The predicted molar refractivity (Wildman–Crippen MR) is 259 cm³/mol. The van der Waals surface area contributed by atoms with Crippen molar-refractivity contribution in [3.8, 4) is 11.1 Å². The Morgan fingerprint density at radius 1 is 0.441 bits per heavy atom. The summed E-state index contributed by atoms with van der Waals surface area (Å²) in [4.78, 5) is 5.02. The maximum atomic E-state index is 2.53. The molecule has 0 N–H and O–H groups in total. The number of unbranched alkanes of at least 4 members (excludes halogenated alkanes) is 3. The minimum absolute atomic E-state index is 0.590. The molecule has 0 bridgehead atoms. The SMILES string of the molecule is CCCCc1ccc(N(c2ccc(C(CC)CCC)cc2)c2cccc(N(c3ccc(CCCC)cc3)c3ccc(CCCC)cc3-c3cc(C)cc(C)c3)c2C)cc1. The average Bonchev–Trinajstić information content (AvgIpc) is 3.25. The van der Waals surface area contributed by atoms with E-state index in [1.54, 1.807) is 0 Å². The van der Waals surface area contributed by atoms with Gasteiger partial charge in [0.05, 0.1) is 17.1 Å². The lowest BCUT2D eigenvalue weighted by Crippen LogP contribution is -2.16. The van der Waals surface area contributed by atoms with E-state index in [0.29, 0.717) is 5.92 Å². The van der Waals surface area contributed by atoms with E-state index in [2.05, 4.69) is 193 Å². The molecule has 0 heterocycles. The first-order valence-corrected chi connectivity index (χ1v) is 23.0. The molecular formula is C57H70N2. The van der Waals surface area contributed by atoms with E-state index in [4.69, 9.17) is 0 Å². The zero-order chi connectivity index (χ0) is 41.7. The van der Waals surface area contributed by atoms with E-state index in [1.807, 2.05) is 0 Å². The van der Waals surface area contributed by atoms with Crippen molar-refractivity contribution in [2.45, 2.75) is 138 Å². The summed E-state index contributed by atoms with van der Waals surface area (Å²) in [5.41, 5.74) is 19.1. The van der Waals surface area contributed by atoms with Gasteiger partial charge < -0.3 is 9.80 Å². The fourth-order valence-corrected chi connectivity index (χ4v) is 8.84. The van der Waals surface area contributed by atoms with E-state index < -0.39 is 0 Å².